The van der Waals surface area contributed by atoms with Crippen LogP contribution in [-0.2, 0) is 16.0 Å². The monoisotopic (exact) mass is 461 g/mol. The molecule has 0 spiro atoms. The van der Waals surface area contributed by atoms with Crippen LogP contribution in [0.1, 0.15) is 36.5 Å². The average Bonchev–Trinajstić information content (AvgIpc) is 3.07. The van der Waals surface area contributed by atoms with Crippen molar-refractivity contribution in [2.45, 2.75) is 46.3 Å². The number of nitrogens with zero attached hydrogens (tertiary/aromatic N) is 1. The van der Waals surface area contributed by atoms with Crippen molar-refractivity contribution in [2.24, 2.45) is 4.99 Å². The summed E-state index contributed by atoms with van der Waals surface area (Å²) < 4.78 is 11.1. The van der Waals surface area contributed by atoms with Gasteiger partial charge in [-0.15, -0.1) is 24.0 Å². The van der Waals surface area contributed by atoms with Crippen LogP contribution in [0.25, 0.3) is 0 Å². The van der Waals surface area contributed by atoms with Gasteiger partial charge in [0, 0.05) is 26.3 Å². The van der Waals surface area contributed by atoms with E-state index in [1.807, 2.05) is 0 Å². The van der Waals surface area contributed by atoms with Crippen LogP contribution < -0.4 is 10.6 Å². The molecule has 142 valence electrons. The van der Waals surface area contributed by atoms with Gasteiger partial charge in [-0.1, -0.05) is 23.8 Å². The Morgan fingerprint density at radius 1 is 1.32 bits per heavy atom. The van der Waals surface area contributed by atoms with Crippen molar-refractivity contribution in [3.8, 4) is 0 Å². The number of halogens is 1. The molecule has 6 heteroatoms. The van der Waals surface area contributed by atoms with Crippen molar-refractivity contribution in [3.63, 3.8) is 0 Å². The van der Waals surface area contributed by atoms with Gasteiger partial charge in [-0.3, -0.25) is 0 Å². The zero-order chi connectivity index (χ0) is 17.2. The largest absolute Gasteiger partial charge is 0.379 e. The lowest BCUT2D eigenvalue weighted by atomic mass is 10.1. The van der Waals surface area contributed by atoms with E-state index in [1.165, 1.54) is 16.7 Å². The topological polar surface area (TPSA) is 54.9 Å². The summed E-state index contributed by atoms with van der Waals surface area (Å²) in [7, 11) is 0. The van der Waals surface area contributed by atoms with E-state index in [4.69, 9.17) is 9.47 Å². The number of rotatable bonds is 8. The van der Waals surface area contributed by atoms with Crippen LogP contribution in [0.3, 0.4) is 0 Å². The predicted molar refractivity (Wildman–Crippen MR) is 114 cm³/mol. The van der Waals surface area contributed by atoms with Gasteiger partial charge >= 0.3 is 0 Å². The molecule has 0 radical (unpaired) electrons. The lowest BCUT2D eigenvalue weighted by molar-refractivity contribution is 0.0420. The zero-order valence-corrected chi connectivity index (χ0v) is 18.0. The van der Waals surface area contributed by atoms with Crippen LogP contribution in [-0.4, -0.2) is 45.0 Å². The predicted octanol–water partition coefficient (Wildman–Crippen LogP) is 3.17. The van der Waals surface area contributed by atoms with E-state index in [0.29, 0.717) is 6.54 Å². The van der Waals surface area contributed by atoms with E-state index in [1.54, 1.807) is 0 Å². The molecule has 5 nitrogen and oxygen atoms in total. The first-order valence-electron chi connectivity index (χ1n) is 8.96. The Morgan fingerprint density at radius 3 is 2.84 bits per heavy atom. The summed E-state index contributed by atoms with van der Waals surface area (Å²) >= 11 is 0. The minimum absolute atomic E-state index is 0. The molecule has 1 aliphatic heterocycles. The Hall–Kier alpha value is -0.860. The fraction of sp³-hybridized carbons (Fsp3) is 0.632. The van der Waals surface area contributed by atoms with Crippen LogP contribution in [0, 0.1) is 13.8 Å². The Balaban J connectivity index is 0.00000312. The summed E-state index contributed by atoms with van der Waals surface area (Å²) in [5.41, 5.74) is 3.85. The van der Waals surface area contributed by atoms with Crippen molar-refractivity contribution in [1.82, 2.24) is 10.6 Å². The lowest BCUT2D eigenvalue weighted by Crippen LogP contribution is -2.38. The molecule has 25 heavy (non-hydrogen) atoms. The first kappa shape index (κ1) is 22.2. The smallest absolute Gasteiger partial charge is 0.191 e. The quantitative estimate of drug-likeness (QED) is 0.270. The normalized spacial score (nSPS) is 17.2. The third kappa shape index (κ3) is 8.37. The van der Waals surface area contributed by atoms with Crippen molar-refractivity contribution in [1.29, 1.82) is 0 Å². The SMILES string of the molecule is CCNC(=NCc1ccc(C)cc1C)NCCCOC1CCOC1.I. The van der Waals surface area contributed by atoms with Crippen molar-refractivity contribution in [2.75, 3.05) is 32.9 Å². The molecular formula is C19H32IN3O2. The number of nitrogens with one attached hydrogen (secondary N) is 2. The first-order chi connectivity index (χ1) is 11.7. The fourth-order valence-electron chi connectivity index (χ4n) is 2.70. The van der Waals surface area contributed by atoms with Gasteiger partial charge in [0.2, 0.25) is 0 Å². The average molecular weight is 461 g/mol. The fourth-order valence-corrected chi connectivity index (χ4v) is 2.70. The second-order valence-corrected chi connectivity index (χ2v) is 6.26. The second-order valence-electron chi connectivity index (χ2n) is 6.26. The number of hydrogen-bond donors (Lipinski definition) is 2. The number of benzene rings is 1. The van der Waals surface area contributed by atoms with E-state index in [2.05, 4.69) is 54.6 Å². The Bertz CT molecular complexity index is 531. The highest BCUT2D eigenvalue weighted by Gasteiger charge is 2.15. The van der Waals surface area contributed by atoms with E-state index >= 15 is 0 Å². The number of guanidine groups is 1. The summed E-state index contributed by atoms with van der Waals surface area (Å²) in [6, 6.07) is 6.51. The molecule has 1 atom stereocenters. The van der Waals surface area contributed by atoms with E-state index in [0.717, 1.165) is 51.7 Å². The molecule has 1 fully saturated rings. The Morgan fingerprint density at radius 2 is 2.16 bits per heavy atom. The molecular weight excluding hydrogens is 429 g/mol. The number of ether oxygens (including phenoxy) is 2. The Labute approximate surface area is 169 Å². The van der Waals surface area contributed by atoms with Gasteiger partial charge in [0.05, 0.1) is 19.3 Å². The van der Waals surface area contributed by atoms with Crippen molar-refractivity contribution in [3.05, 3.63) is 34.9 Å². The molecule has 1 aromatic rings. The molecule has 2 rings (SSSR count). The van der Waals surface area contributed by atoms with Crippen LogP contribution in [0.2, 0.25) is 0 Å². The summed E-state index contributed by atoms with van der Waals surface area (Å²) in [5, 5.41) is 6.67. The van der Waals surface area contributed by atoms with Crippen LogP contribution in [0.4, 0.5) is 0 Å². The minimum Gasteiger partial charge on any atom is -0.379 e. The first-order valence-corrected chi connectivity index (χ1v) is 8.96. The maximum Gasteiger partial charge on any atom is 0.191 e. The molecule has 0 aliphatic carbocycles. The van der Waals surface area contributed by atoms with Crippen LogP contribution in [0.15, 0.2) is 23.2 Å². The van der Waals surface area contributed by atoms with Gasteiger partial charge in [0.25, 0.3) is 0 Å². The van der Waals surface area contributed by atoms with E-state index < -0.39 is 0 Å². The molecule has 1 aromatic carbocycles. The van der Waals surface area contributed by atoms with Crippen molar-refractivity contribution < 1.29 is 9.47 Å². The number of hydrogen-bond acceptors (Lipinski definition) is 3. The van der Waals surface area contributed by atoms with Crippen LogP contribution in [0.5, 0.6) is 0 Å². The van der Waals surface area contributed by atoms with Gasteiger partial charge in [0.1, 0.15) is 0 Å². The van der Waals surface area contributed by atoms with E-state index in [-0.39, 0.29) is 30.1 Å². The van der Waals surface area contributed by atoms with Gasteiger partial charge in [-0.05, 0) is 44.7 Å². The summed E-state index contributed by atoms with van der Waals surface area (Å²) in [5.74, 6) is 0.863. The maximum atomic E-state index is 5.78. The van der Waals surface area contributed by atoms with Gasteiger partial charge in [0.15, 0.2) is 5.96 Å². The Kier molecular flexibility index (Phi) is 11.1. The summed E-state index contributed by atoms with van der Waals surface area (Å²) in [6.45, 7) is 11.1. The molecule has 0 amide bonds. The number of aryl methyl sites for hydroxylation is 2. The highest BCUT2D eigenvalue weighted by atomic mass is 127. The highest BCUT2D eigenvalue weighted by Crippen LogP contribution is 2.11. The molecule has 0 aromatic heterocycles. The van der Waals surface area contributed by atoms with Gasteiger partial charge < -0.3 is 20.1 Å². The molecule has 0 saturated carbocycles. The third-order valence-corrected chi connectivity index (χ3v) is 4.10. The number of aliphatic imine (C=N–C) groups is 1. The molecule has 1 unspecified atom stereocenters. The minimum atomic E-state index is 0. The highest BCUT2D eigenvalue weighted by molar-refractivity contribution is 14.0. The maximum absolute atomic E-state index is 5.78. The third-order valence-electron chi connectivity index (χ3n) is 4.10. The second kappa shape index (κ2) is 12.5. The van der Waals surface area contributed by atoms with Gasteiger partial charge in [-0.2, -0.15) is 0 Å². The summed E-state index contributed by atoms with van der Waals surface area (Å²) in [6.07, 6.45) is 2.27. The van der Waals surface area contributed by atoms with Gasteiger partial charge in [-0.25, -0.2) is 4.99 Å². The molecule has 1 aliphatic rings. The lowest BCUT2D eigenvalue weighted by Gasteiger charge is -2.13. The molecule has 1 heterocycles. The molecule has 2 N–H and O–H groups in total. The zero-order valence-electron chi connectivity index (χ0n) is 15.6. The van der Waals surface area contributed by atoms with E-state index in [9.17, 15) is 0 Å². The molecule has 1 saturated heterocycles. The standard InChI is InChI=1S/C19H31N3O2.HI/c1-4-20-19(21-9-5-10-24-18-8-11-23-14-18)22-13-17-7-6-15(2)12-16(17)3;/h6-7,12,18H,4-5,8-11,13-14H2,1-3H3,(H2,20,21,22);1H. The van der Waals surface area contributed by atoms with Crippen molar-refractivity contribution >= 4 is 29.9 Å². The summed E-state index contributed by atoms with van der Waals surface area (Å²) in [4.78, 5) is 4.68. The van der Waals surface area contributed by atoms with Crippen LogP contribution >= 0.6 is 24.0 Å². The molecule has 0 bridgehead atoms.